The second-order valence-electron chi connectivity index (χ2n) is 7.20. The molecule has 0 unspecified atom stereocenters. The standard InChI is InChI=1S/C20H26N4O3/c1-2-8-19-21-18(22-27-19)14-24-13-17(20(25)23-11-6-3-7-12-23)26-16-10-5-4-9-15(16)24/h4-5,9-10,17H,2-3,6-8,11-14H2,1H3/t17-/m0/s1. The predicted molar refractivity (Wildman–Crippen MR) is 101 cm³/mol. The maximum Gasteiger partial charge on any atom is 0.265 e. The van der Waals surface area contributed by atoms with Crippen molar-refractivity contribution in [2.45, 2.75) is 51.7 Å². The molecular formula is C20H26N4O3. The van der Waals surface area contributed by atoms with Crippen LogP contribution in [-0.2, 0) is 17.8 Å². The Hall–Kier alpha value is -2.57. The number of para-hydroxylation sites is 2. The van der Waals surface area contributed by atoms with Crippen LogP contribution in [-0.4, -0.2) is 46.7 Å². The lowest BCUT2D eigenvalue weighted by atomic mass is 10.1. The Bertz CT molecular complexity index is 785. The fourth-order valence-electron chi connectivity index (χ4n) is 3.74. The van der Waals surface area contributed by atoms with Crippen LogP contribution in [0.25, 0.3) is 0 Å². The van der Waals surface area contributed by atoms with Crippen molar-refractivity contribution in [3.05, 3.63) is 36.0 Å². The molecule has 3 heterocycles. The number of nitrogens with zero attached hydrogens (tertiary/aromatic N) is 4. The molecule has 0 N–H and O–H groups in total. The SMILES string of the molecule is CCCc1nc(CN2C[C@@H](C(=O)N3CCCCC3)Oc3ccccc32)no1. The van der Waals surface area contributed by atoms with Crippen molar-refractivity contribution < 1.29 is 14.1 Å². The number of amides is 1. The molecule has 1 fully saturated rings. The van der Waals surface area contributed by atoms with E-state index >= 15 is 0 Å². The molecule has 0 aliphatic carbocycles. The number of ether oxygens (including phenoxy) is 1. The van der Waals surface area contributed by atoms with E-state index < -0.39 is 6.10 Å². The number of aryl methyl sites for hydroxylation is 1. The largest absolute Gasteiger partial charge is 0.477 e. The second-order valence-corrected chi connectivity index (χ2v) is 7.20. The van der Waals surface area contributed by atoms with Crippen LogP contribution < -0.4 is 9.64 Å². The molecule has 1 aromatic carbocycles. The Morgan fingerprint density at radius 1 is 1.22 bits per heavy atom. The number of anilines is 1. The first-order chi connectivity index (χ1) is 13.2. The van der Waals surface area contributed by atoms with E-state index in [-0.39, 0.29) is 5.91 Å². The lowest BCUT2D eigenvalue weighted by Gasteiger charge is -2.37. The highest BCUT2D eigenvalue weighted by molar-refractivity contribution is 5.83. The van der Waals surface area contributed by atoms with Crippen LogP contribution in [0, 0.1) is 0 Å². The molecule has 7 heteroatoms. The van der Waals surface area contributed by atoms with Crippen molar-refractivity contribution >= 4 is 11.6 Å². The van der Waals surface area contributed by atoms with Gasteiger partial charge in [-0.05, 0) is 37.8 Å². The summed E-state index contributed by atoms with van der Waals surface area (Å²) in [4.78, 5) is 21.5. The predicted octanol–water partition coefficient (Wildman–Crippen LogP) is 2.80. The van der Waals surface area contributed by atoms with Crippen LogP contribution in [0.15, 0.2) is 28.8 Å². The summed E-state index contributed by atoms with van der Waals surface area (Å²) in [6.07, 6.45) is 4.59. The third kappa shape index (κ3) is 3.91. The maximum atomic E-state index is 13.0. The highest BCUT2D eigenvalue weighted by Gasteiger charge is 2.34. The smallest absolute Gasteiger partial charge is 0.265 e. The van der Waals surface area contributed by atoms with Crippen molar-refractivity contribution in [1.29, 1.82) is 0 Å². The summed E-state index contributed by atoms with van der Waals surface area (Å²) in [6, 6.07) is 7.82. The van der Waals surface area contributed by atoms with Crippen LogP contribution in [0.1, 0.15) is 44.3 Å². The van der Waals surface area contributed by atoms with E-state index in [4.69, 9.17) is 9.26 Å². The molecule has 0 saturated carbocycles. The summed E-state index contributed by atoms with van der Waals surface area (Å²) < 4.78 is 11.4. The zero-order chi connectivity index (χ0) is 18.6. The monoisotopic (exact) mass is 370 g/mol. The number of carbonyl (C=O) groups is 1. The molecule has 27 heavy (non-hydrogen) atoms. The van der Waals surface area contributed by atoms with Gasteiger partial charge < -0.3 is 19.1 Å². The van der Waals surface area contributed by atoms with Crippen molar-refractivity contribution in [3.63, 3.8) is 0 Å². The van der Waals surface area contributed by atoms with E-state index in [0.717, 1.165) is 50.2 Å². The van der Waals surface area contributed by atoms with Gasteiger partial charge in [0.15, 0.2) is 11.9 Å². The minimum atomic E-state index is -0.500. The lowest BCUT2D eigenvalue weighted by molar-refractivity contribution is -0.139. The summed E-state index contributed by atoms with van der Waals surface area (Å²) in [5, 5.41) is 4.10. The molecule has 4 rings (SSSR count). The average Bonchev–Trinajstić information content (AvgIpc) is 3.15. The fraction of sp³-hybridized carbons (Fsp3) is 0.550. The van der Waals surface area contributed by atoms with Crippen LogP contribution >= 0.6 is 0 Å². The number of aromatic nitrogens is 2. The number of likely N-dealkylation sites (tertiary alicyclic amines) is 1. The molecule has 0 bridgehead atoms. The first-order valence-electron chi connectivity index (χ1n) is 9.85. The van der Waals surface area contributed by atoms with Crippen LogP contribution in [0.4, 0.5) is 5.69 Å². The summed E-state index contributed by atoms with van der Waals surface area (Å²) in [6.45, 7) is 4.72. The fourth-order valence-corrected chi connectivity index (χ4v) is 3.74. The quantitative estimate of drug-likeness (QED) is 0.806. The molecule has 2 aliphatic rings. The van der Waals surface area contributed by atoms with E-state index in [1.165, 1.54) is 6.42 Å². The van der Waals surface area contributed by atoms with Gasteiger partial charge in [0.2, 0.25) is 5.89 Å². The molecule has 1 atom stereocenters. The summed E-state index contributed by atoms with van der Waals surface area (Å²) in [5.74, 6) is 2.11. The van der Waals surface area contributed by atoms with E-state index in [0.29, 0.717) is 24.8 Å². The van der Waals surface area contributed by atoms with Crippen LogP contribution in [0.2, 0.25) is 0 Å². The number of hydrogen-bond acceptors (Lipinski definition) is 6. The summed E-state index contributed by atoms with van der Waals surface area (Å²) >= 11 is 0. The van der Waals surface area contributed by atoms with Gasteiger partial charge in [0.1, 0.15) is 5.75 Å². The molecule has 144 valence electrons. The molecule has 1 aromatic heterocycles. The molecule has 0 radical (unpaired) electrons. The number of benzene rings is 1. The topological polar surface area (TPSA) is 71.7 Å². The number of rotatable bonds is 5. The first-order valence-corrected chi connectivity index (χ1v) is 9.85. The average molecular weight is 370 g/mol. The third-order valence-corrected chi connectivity index (χ3v) is 5.11. The van der Waals surface area contributed by atoms with Gasteiger partial charge >= 0.3 is 0 Å². The van der Waals surface area contributed by atoms with E-state index in [1.807, 2.05) is 29.2 Å². The Labute approximate surface area is 159 Å². The van der Waals surface area contributed by atoms with Crippen LogP contribution in [0.5, 0.6) is 5.75 Å². The highest BCUT2D eigenvalue weighted by Crippen LogP contribution is 2.34. The van der Waals surface area contributed by atoms with Gasteiger partial charge in [-0.3, -0.25) is 4.79 Å². The maximum absolute atomic E-state index is 13.0. The van der Waals surface area contributed by atoms with Gasteiger partial charge in [0.25, 0.3) is 5.91 Å². The zero-order valence-electron chi connectivity index (χ0n) is 15.8. The second kappa shape index (κ2) is 7.98. The van der Waals surface area contributed by atoms with Crippen molar-refractivity contribution in [2.24, 2.45) is 0 Å². The molecular weight excluding hydrogens is 344 g/mol. The van der Waals surface area contributed by atoms with Gasteiger partial charge in [-0.2, -0.15) is 4.98 Å². The van der Waals surface area contributed by atoms with Gasteiger partial charge in [-0.15, -0.1) is 0 Å². The number of piperidine rings is 1. The zero-order valence-corrected chi connectivity index (χ0v) is 15.8. The minimum absolute atomic E-state index is 0.0778. The Balaban J connectivity index is 1.53. The molecule has 2 aromatic rings. The molecule has 7 nitrogen and oxygen atoms in total. The van der Waals surface area contributed by atoms with Crippen molar-refractivity contribution in [3.8, 4) is 5.75 Å². The normalized spacial score (nSPS) is 19.5. The van der Waals surface area contributed by atoms with Gasteiger partial charge in [-0.1, -0.05) is 24.2 Å². The number of fused-ring (bicyclic) bond motifs is 1. The summed E-state index contributed by atoms with van der Waals surface area (Å²) in [7, 11) is 0. The molecule has 0 spiro atoms. The molecule has 2 aliphatic heterocycles. The number of hydrogen-bond donors (Lipinski definition) is 0. The molecule has 1 amide bonds. The molecule has 1 saturated heterocycles. The number of carbonyl (C=O) groups excluding carboxylic acids is 1. The van der Waals surface area contributed by atoms with E-state index in [2.05, 4.69) is 22.0 Å². The lowest BCUT2D eigenvalue weighted by Crippen LogP contribution is -2.51. The van der Waals surface area contributed by atoms with Crippen LogP contribution in [0.3, 0.4) is 0 Å². The van der Waals surface area contributed by atoms with E-state index in [9.17, 15) is 4.79 Å². The summed E-state index contributed by atoms with van der Waals surface area (Å²) in [5.41, 5.74) is 0.960. The van der Waals surface area contributed by atoms with Crippen molar-refractivity contribution in [1.82, 2.24) is 15.0 Å². The van der Waals surface area contributed by atoms with Gasteiger partial charge in [0, 0.05) is 19.5 Å². The highest BCUT2D eigenvalue weighted by atomic mass is 16.5. The van der Waals surface area contributed by atoms with Gasteiger partial charge in [0.05, 0.1) is 18.8 Å². The minimum Gasteiger partial charge on any atom is -0.477 e. The first kappa shape index (κ1) is 17.8. The van der Waals surface area contributed by atoms with Crippen molar-refractivity contribution in [2.75, 3.05) is 24.5 Å². The third-order valence-electron chi connectivity index (χ3n) is 5.11. The Kier molecular flexibility index (Phi) is 5.27. The van der Waals surface area contributed by atoms with E-state index in [1.54, 1.807) is 0 Å². The Morgan fingerprint density at radius 2 is 2.04 bits per heavy atom. The van der Waals surface area contributed by atoms with Gasteiger partial charge in [-0.25, -0.2) is 0 Å². The Morgan fingerprint density at radius 3 is 2.85 bits per heavy atom.